The Kier molecular flexibility index (Phi) is 2.79. The molecule has 0 saturated carbocycles. The normalized spacial score (nSPS) is 10.8. The minimum absolute atomic E-state index is 0.0644. The first-order valence-electron chi connectivity index (χ1n) is 5.33. The number of H-pyrrole nitrogens is 1. The van der Waals surface area contributed by atoms with E-state index >= 15 is 0 Å². The van der Waals surface area contributed by atoms with Crippen molar-refractivity contribution < 1.29 is 4.39 Å². The number of imidazole rings is 1. The standard InChI is InChI=1S/C11H8BrFN6/c12-5-2-1-3-6(13)7(5)17-10-8-9(16-4-15-8)18-11(14)19-10/h1-4H,(H4,14,15,16,17,18,19). The summed E-state index contributed by atoms with van der Waals surface area (Å²) in [5, 5.41) is 2.89. The summed E-state index contributed by atoms with van der Waals surface area (Å²) in [6, 6.07) is 4.67. The highest BCUT2D eigenvalue weighted by Gasteiger charge is 2.12. The zero-order valence-electron chi connectivity index (χ0n) is 9.48. The molecule has 0 aliphatic heterocycles. The van der Waals surface area contributed by atoms with Gasteiger partial charge < -0.3 is 16.0 Å². The van der Waals surface area contributed by atoms with Crippen LogP contribution in [0.3, 0.4) is 0 Å². The number of anilines is 3. The Morgan fingerprint density at radius 3 is 2.95 bits per heavy atom. The van der Waals surface area contributed by atoms with Gasteiger partial charge in [-0.25, -0.2) is 9.37 Å². The highest BCUT2D eigenvalue weighted by atomic mass is 79.9. The van der Waals surface area contributed by atoms with Crippen LogP contribution in [0.25, 0.3) is 11.2 Å². The van der Waals surface area contributed by atoms with Crippen molar-refractivity contribution in [3.05, 3.63) is 34.8 Å². The molecule has 1 aromatic carbocycles. The third kappa shape index (κ3) is 2.10. The van der Waals surface area contributed by atoms with Crippen molar-refractivity contribution in [1.29, 1.82) is 0 Å². The van der Waals surface area contributed by atoms with Gasteiger partial charge in [-0.2, -0.15) is 9.97 Å². The molecule has 3 aromatic rings. The monoisotopic (exact) mass is 322 g/mol. The van der Waals surface area contributed by atoms with Gasteiger partial charge in [-0.15, -0.1) is 0 Å². The first kappa shape index (κ1) is 11.8. The highest BCUT2D eigenvalue weighted by molar-refractivity contribution is 9.10. The number of nitrogen functional groups attached to an aromatic ring is 1. The molecule has 19 heavy (non-hydrogen) atoms. The number of hydrogen-bond donors (Lipinski definition) is 3. The quantitative estimate of drug-likeness (QED) is 0.674. The van der Waals surface area contributed by atoms with Crippen LogP contribution in [0, 0.1) is 5.82 Å². The number of nitrogens with zero attached hydrogens (tertiary/aromatic N) is 3. The maximum Gasteiger partial charge on any atom is 0.224 e. The summed E-state index contributed by atoms with van der Waals surface area (Å²) in [5.41, 5.74) is 6.85. The molecule has 96 valence electrons. The first-order valence-corrected chi connectivity index (χ1v) is 6.12. The maximum atomic E-state index is 13.8. The number of aromatic amines is 1. The lowest BCUT2D eigenvalue weighted by atomic mass is 10.3. The number of rotatable bonds is 2. The number of benzene rings is 1. The molecule has 0 bridgehead atoms. The summed E-state index contributed by atoms with van der Waals surface area (Å²) in [6.07, 6.45) is 1.47. The average molecular weight is 323 g/mol. The topological polar surface area (TPSA) is 92.5 Å². The van der Waals surface area contributed by atoms with Gasteiger partial charge in [-0.1, -0.05) is 6.07 Å². The zero-order chi connectivity index (χ0) is 13.4. The van der Waals surface area contributed by atoms with Crippen LogP contribution in [0.15, 0.2) is 29.0 Å². The first-order chi connectivity index (χ1) is 9.15. The predicted molar refractivity (Wildman–Crippen MR) is 73.5 cm³/mol. The lowest BCUT2D eigenvalue weighted by Gasteiger charge is -2.09. The van der Waals surface area contributed by atoms with E-state index < -0.39 is 5.82 Å². The molecule has 6 nitrogen and oxygen atoms in total. The van der Waals surface area contributed by atoms with E-state index in [-0.39, 0.29) is 11.6 Å². The fraction of sp³-hybridized carbons (Fsp3) is 0. The van der Waals surface area contributed by atoms with Crippen LogP contribution in [0.4, 0.5) is 21.8 Å². The zero-order valence-corrected chi connectivity index (χ0v) is 11.1. The third-order valence-corrected chi connectivity index (χ3v) is 3.17. The Hall–Kier alpha value is -2.22. The Morgan fingerprint density at radius 1 is 1.32 bits per heavy atom. The fourth-order valence-electron chi connectivity index (χ4n) is 1.68. The smallest absolute Gasteiger partial charge is 0.224 e. The molecule has 0 aliphatic rings. The van der Waals surface area contributed by atoms with Crippen LogP contribution in [-0.2, 0) is 0 Å². The van der Waals surface area contributed by atoms with Gasteiger partial charge in [0.05, 0.1) is 12.0 Å². The van der Waals surface area contributed by atoms with Crippen LogP contribution in [0.5, 0.6) is 0 Å². The third-order valence-electron chi connectivity index (χ3n) is 2.51. The average Bonchev–Trinajstić information content (AvgIpc) is 2.81. The summed E-state index contributed by atoms with van der Waals surface area (Å²) in [7, 11) is 0. The number of fused-ring (bicyclic) bond motifs is 1. The molecule has 0 fully saturated rings. The van der Waals surface area contributed by atoms with Crippen LogP contribution >= 0.6 is 15.9 Å². The summed E-state index contributed by atoms with van der Waals surface area (Å²) < 4.78 is 14.4. The summed E-state index contributed by atoms with van der Waals surface area (Å²) >= 11 is 3.27. The molecule has 0 aliphatic carbocycles. The van der Waals surface area contributed by atoms with Crippen molar-refractivity contribution in [2.75, 3.05) is 11.1 Å². The number of aromatic nitrogens is 4. The highest BCUT2D eigenvalue weighted by Crippen LogP contribution is 2.29. The minimum atomic E-state index is -0.403. The van der Waals surface area contributed by atoms with Crippen molar-refractivity contribution in [2.24, 2.45) is 0 Å². The minimum Gasteiger partial charge on any atom is -0.368 e. The molecule has 0 unspecified atom stereocenters. The van der Waals surface area contributed by atoms with Crippen molar-refractivity contribution in [2.45, 2.75) is 0 Å². The summed E-state index contributed by atoms with van der Waals surface area (Å²) in [5.74, 6) is 0.0274. The van der Waals surface area contributed by atoms with Crippen LogP contribution < -0.4 is 11.1 Å². The largest absolute Gasteiger partial charge is 0.368 e. The van der Waals surface area contributed by atoms with Crippen LogP contribution in [0.2, 0.25) is 0 Å². The van der Waals surface area contributed by atoms with E-state index in [2.05, 4.69) is 41.2 Å². The van der Waals surface area contributed by atoms with Crippen molar-refractivity contribution in [1.82, 2.24) is 19.9 Å². The SMILES string of the molecule is Nc1nc(Nc2c(F)cccc2Br)c2[nH]cnc2n1. The maximum absolute atomic E-state index is 13.8. The fourth-order valence-corrected chi connectivity index (χ4v) is 2.12. The molecule has 2 heterocycles. The van der Waals surface area contributed by atoms with Crippen LogP contribution in [-0.4, -0.2) is 19.9 Å². The van der Waals surface area contributed by atoms with Gasteiger partial charge in [-0.3, -0.25) is 0 Å². The second-order valence-corrected chi connectivity index (χ2v) is 4.61. The number of halogens is 2. The molecule has 0 atom stereocenters. The van der Waals surface area contributed by atoms with Gasteiger partial charge in [0, 0.05) is 4.47 Å². The predicted octanol–water partition coefficient (Wildman–Crippen LogP) is 2.58. The van der Waals surface area contributed by atoms with Gasteiger partial charge in [0.2, 0.25) is 5.95 Å². The number of nitrogens with one attached hydrogen (secondary N) is 2. The number of para-hydroxylation sites is 1. The second kappa shape index (κ2) is 4.47. The van der Waals surface area contributed by atoms with Gasteiger partial charge in [0.15, 0.2) is 11.5 Å². The lowest BCUT2D eigenvalue weighted by molar-refractivity contribution is 0.631. The molecule has 0 spiro atoms. The van der Waals surface area contributed by atoms with E-state index in [1.165, 1.54) is 12.4 Å². The van der Waals surface area contributed by atoms with Crippen molar-refractivity contribution in [3.63, 3.8) is 0 Å². The van der Waals surface area contributed by atoms with Gasteiger partial charge in [0.1, 0.15) is 11.3 Å². The molecule has 4 N–H and O–H groups in total. The molecular weight excluding hydrogens is 315 g/mol. The molecule has 0 saturated heterocycles. The van der Waals surface area contributed by atoms with E-state index in [4.69, 9.17) is 5.73 Å². The second-order valence-electron chi connectivity index (χ2n) is 3.75. The summed E-state index contributed by atoms with van der Waals surface area (Å²) in [6.45, 7) is 0. The number of hydrogen-bond acceptors (Lipinski definition) is 5. The van der Waals surface area contributed by atoms with E-state index in [1.807, 2.05) is 0 Å². The van der Waals surface area contributed by atoms with Crippen molar-refractivity contribution >= 4 is 44.5 Å². The van der Waals surface area contributed by atoms with E-state index in [0.29, 0.717) is 21.5 Å². The number of nitrogens with two attached hydrogens (primary N) is 1. The molecule has 8 heteroatoms. The Bertz CT molecular complexity index is 736. The molecule has 3 rings (SSSR count). The molecule has 0 radical (unpaired) electrons. The van der Waals surface area contributed by atoms with E-state index in [0.717, 1.165) is 0 Å². The summed E-state index contributed by atoms with van der Waals surface area (Å²) in [4.78, 5) is 14.9. The van der Waals surface area contributed by atoms with E-state index in [9.17, 15) is 4.39 Å². The van der Waals surface area contributed by atoms with Gasteiger partial charge in [-0.05, 0) is 28.1 Å². The molecule has 0 amide bonds. The lowest BCUT2D eigenvalue weighted by Crippen LogP contribution is -2.02. The molecular formula is C11H8BrFN6. The molecule has 2 aromatic heterocycles. The Labute approximate surface area is 115 Å². The van der Waals surface area contributed by atoms with Crippen LogP contribution in [0.1, 0.15) is 0 Å². The Balaban J connectivity index is 2.13. The Morgan fingerprint density at radius 2 is 2.16 bits per heavy atom. The van der Waals surface area contributed by atoms with Gasteiger partial charge in [0.25, 0.3) is 0 Å². The van der Waals surface area contributed by atoms with Gasteiger partial charge >= 0.3 is 0 Å². The van der Waals surface area contributed by atoms with Crippen molar-refractivity contribution in [3.8, 4) is 0 Å². The van der Waals surface area contributed by atoms with E-state index in [1.54, 1.807) is 12.1 Å².